The maximum atomic E-state index is 8.91. The van der Waals surface area contributed by atoms with Gasteiger partial charge in [-0.05, 0) is 16.7 Å². The zero-order valence-corrected chi connectivity index (χ0v) is 15.2. The third-order valence-corrected chi connectivity index (χ3v) is 4.41. The van der Waals surface area contributed by atoms with Crippen LogP contribution in [0.15, 0.2) is 65.8 Å². The summed E-state index contributed by atoms with van der Waals surface area (Å²) in [7, 11) is 1.56. The molecule has 0 saturated carbocycles. The Hall–Kier alpha value is -2.41. The summed E-state index contributed by atoms with van der Waals surface area (Å²) in [6.07, 6.45) is -1.61. The average molecular weight is 369 g/mol. The van der Waals surface area contributed by atoms with Crippen molar-refractivity contribution in [3.8, 4) is 0 Å². The minimum Gasteiger partial charge on any atom is -0.370 e. The smallest absolute Gasteiger partial charge is 0.185 e. The summed E-state index contributed by atoms with van der Waals surface area (Å²) in [4.78, 5) is 2.94. The summed E-state index contributed by atoms with van der Waals surface area (Å²) < 4.78 is 23.3. The normalized spacial score (nSPS) is 24.9. The molecule has 2 aromatic rings. The van der Waals surface area contributed by atoms with Gasteiger partial charge in [0, 0.05) is 12.0 Å². The van der Waals surface area contributed by atoms with E-state index in [-0.39, 0.29) is 6.61 Å². The van der Waals surface area contributed by atoms with Crippen molar-refractivity contribution in [3.05, 3.63) is 82.2 Å². The Balaban J connectivity index is 1.75. The highest BCUT2D eigenvalue weighted by Gasteiger charge is 2.42. The molecule has 0 bridgehead atoms. The summed E-state index contributed by atoms with van der Waals surface area (Å²) in [5.41, 5.74) is 11.0. The van der Waals surface area contributed by atoms with Gasteiger partial charge in [-0.3, -0.25) is 0 Å². The Morgan fingerprint density at radius 3 is 2.04 bits per heavy atom. The second-order valence-corrected chi connectivity index (χ2v) is 6.23. The second kappa shape index (κ2) is 10.1. The first-order valence-electron chi connectivity index (χ1n) is 8.81. The fraction of sp³-hybridized carbons (Fsp3) is 0.400. The molecule has 0 N–H and O–H groups in total. The van der Waals surface area contributed by atoms with Gasteiger partial charge in [0.05, 0.1) is 32.0 Å². The van der Waals surface area contributed by atoms with E-state index in [1.54, 1.807) is 7.11 Å². The number of azide groups is 1. The van der Waals surface area contributed by atoms with Gasteiger partial charge in [-0.25, -0.2) is 0 Å². The van der Waals surface area contributed by atoms with Crippen LogP contribution < -0.4 is 0 Å². The van der Waals surface area contributed by atoms with Crippen LogP contribution in [0.2, 0.25) is 0 Å². The lowest BCUT2D eigenvalue weighted by Crippen LogP contribution is -2.55. The number of methoxy groups -OCH3 is 1. The molecule has 4 atom stereocenters. The Morgan fingerprint density at radius 2 is 1.52 bits per heavy atom. The molecule has 7 nitrogen and oxygen atoms in total. The first-order chi connectivity index (χ1) is 13.3. The lowest BCUT2D eigenvalue weighted by Gasteiger charge is -2.40. The van der Waals surface area contributed by atoms with Crippen molar-refractivity contribution < 1.29 is 18.9 Å². The lowest BCUT2D eigenvalue weighted by molar-refractivity contribution is -0.263. The van der Waals surface area contributed by atoms with Crippen LogP contribution in [-0.2, 0) is 32.2 Å². The van der Waals surface area contributed by atoms with E-state index in [4.69, 9.17) is 24.5 Å². The number of nitrogens with zero attached hydrogens (tertiary/aromatic N) is 3. The van der Waals surface area contributed by atoms with Gasteiger partial charge >= 0.3 is 0 Å². The molecule has 1 saturated heterocycles. The van der Waals surface area contributed by atoms with Crippen molar-refractivity contribution in [2.24, 2.45) is 5.11 Å². The molecule has 142 valence electrons. The van der Waals surface area contributed by atoms with E-state index < -0.39 is 24.5 Å². The summed E-state index contributed by atoms with van der Waals surface area (Å²) >= 11 is 0. The van der Waals surface area contributed by atoms with Crippen LogP contribution in [0, 0.1) is 0 Å². The molecule has 0 amide bonds. The van der Waals surface area contributed by atoms with Crippen molar-refractivity contribution in [2.75, 3.05) is 13.7 Å². The number of hydrogen-bond donors (Lipinski definition) is 0. The van der Waals surface area contributed by atoms with E-state index in [1.165, 1.54) is 0 Å². The van der Waals surface area contributed by atoms with Gasteiger partial charge in [0.15, 0.2) is 6.29 Å². The van der Waals surface area contributed by atoms with Crippen molar-refractivity contribution in [1.82, 2.24) is 0 Å². The van der Waals surface area contributed by atoms with Crippen molar-refractivity contribution in [3.63, 3.8) is 0 Å². The minimum absolute atomic E-state index is 0.215. The third kappa shape index (κ3) is 5.29. The molecule has 1 aliphatic rings. The van der Waals surface area contributed by atoms with Crippen LogP contribution in [0.25, 0.3) is 10.4 Å². The highest BCUT2D eigenvalue weighted by atomic mass is 16.7. The van der Waals surface area contributed by atoms with E-state index in [0.717, 1.165) is 11.1 Å². The zero-order valence-electron chi connectivity index (χ0n) is 15.2. The highest BCUT2D eigenvalue weighted by molar-refractivity contribution is 5.14. The topological polar surface area (TPSA) is 85.7 Å². The molecule has 0 radical (unpaired) electrons. The minimum atomic E-state index is -0.598. The molecule has 2 aromatic carbocycles. The molecular weight excluding hydrogens is 346 g/mol. The number of hydrogen-bond acceptors (Lipinski definition) is 5. The fourth-order valence-corrected chi connectivity index (χ4v) is 3.04. The largest absolute Gasteiger partial charge is 0.370 e. The van der Waals surface area contributed by atoms with Gasteiger partial charge in [0.2, 0.25) is 0 Å². The maximum absolute atomic E-state index is 8.91. The van der Waals surface area contributed by atoms with E-state index in [9.17, 15) is 0 Å². The highest BCUT2D eigenvalue weighted by Crippen LogP contribution is 2.26. The monoisotopic (exact) mass is 369 g/mol. The Bertz CT molecular complexity index is 737. The molecule has 1 heterocycles. The van der Waals surface area contributed by atoms with Crippen LogP contribution in [0.3, 0.4) is 0 Å². The van der Waals surface area contributed by atoms with E-state index in [1.807, 2.05) is 60.7 Å². The van der Waals surface area contributed by atoms with Gasteiger partial charge in [0.1, 0.15) is 6.10 Å². The Morgan fingerprint density at radius 1 is 0.963 bits per heavy atom. The van der Waals surface area contributed by atoms with E-state index in [2.05, 4.69) is 10.0 Å². The fourth-order valence-electron chi connectivity index (χ4n) is 3.04. The molecular formula is C20H23N3O4. The Kier molecular flexibility index (Phi) is 7.21. The summed E-state index contributed by atoms with van der Waals surface area (Å²) in [6.45, 7) is 0.973. The molecule has 0 aliphatic carbocycles. The van der Waals surface area contributed by atoms with Gasteiger partial charge in [0.25, 0.3) is 0 Å². The second-order valence-electron chi connectivity index (χ2n) is 6.23. The number of benzene rings is 2. The first kappa shape index (κ1) is 19.4. The summed E-state index contributed by atoms with van der Waals surface area (Å²) in [5, 5.41) is 3.85. The SMILES string of the molecule is CO[C@@H]1OC[C@H](N=[N+]=[N-])[C@H](OCc2ccccc2)[C@H]1OCc1ccccc1. The predicted octanol–water partition coefficient (Wildman–Crippen LogP) is 3.84. The molecule has 7 heteroatoms. The van der Waals surface area contributed by atoms with Gasteiger partial charge < -0.3 is 18.9 Å². The van der Waals surface area contributed by atoms with Crippen molar-refractivity contribution in [2.45, 2.75) is 37.8 Å². The summed E-state index contributed by atoms with van der Waals surface area (Å²) in [6, 6.07) is 19.2. The van der Waals surface area contributed by atoms with Crippen molar-refractivity contribution in [1.29, 1.82) is 0 Å². The molecule has 27 heavy (non-hydrogen) atoms. The van der Waals surface area contributed by atoms with Gasteiger partial charge in [-0.2, -0.15) is 0 Å². The molecule has 1 fully saturated rings. The van der Waals surface area contributed by atoms with Gasteiger partial charge in [-0.15, -0.1) is 0 Å². The Labute approximate surface area is 158 Å². The molecule has 1 aliphatic heterocycles. The number of ether oxygens (including phenoxy) is 4. The molecule has 3 rings (SSSR count). The first-order valence-corrected chi connectivity index (χ1v) is 8.81. The average Bonchev–Trinajstić information content (AvgIpc) is 2.73. The van der Waals surface area contributed by atoms with Gasteiger partial charge in [-0.1, -0.05) is 65.8 Å². The standard InChI is InChI=1S/C20H23N3O4/c1-24-20-19(26-13-16-10-6-3-7-11-16)18(17(14-27-20)22-23-21)25-12-15-8-4-2-5-9-15/h2-11,17-20H,12-14H2,1H3/t17-,18-,19+,20+/m0/s1. The molecule has 0 spiro atoms. The van der Waals surface area contributed by atoms with E-state index >= 15 is 0 Å². The van der Waals surface area contributed by atoms with Crippen LogP contribution in [0.5, 0.6) is 0 Å². The predicted molar refractivity (Wildman–Crippen MR) is 99.7 cm³/mol. The van der Waals surface area contributed by atoms with Crippen LogP contribution in [-0.4, -0.2) is 38.3 Å². The maximum Gasteiger partial charge on any atom is 0.185 e. The zero-order chi connectivity index (χ0) is 18.9. The molecule has 0 aromatic heterocycles. The van der Waals surface area contributed by atoms with Crippen LogP contribution in [0.4, 0.5) is 0 Å². The van der Waals surface area contributed by atoms with Crippen LogP contribution >= 0.6 is 0 Å². The van der Waals surface area contributed by atoms with Crippen LogP contribution in [0.1, 0.15) is 11.1 Å². The lowest BCUT2D eigenvalue weighted by atomic mass is 10.0. The summed E-state index contributed by atoms with van der Waals surface area (Å²) in [5.74, 6) is 0. The number of rotatable bonds is 8. The molecule has 0 unspecified atom stereocenters. The quantitative estimate of drug-likeness (QED) is 0.402. The van der Waals surface area contributed by atoms with Crippen molar-refractivity contribution >= 4 is 0 Å². The van der Waals surface area contributed by atoms with E-state index in [0.29, 0.717) is 13.2 Å². The third-order valence-electron chi connectivity index (χ3n) is 4.41.